The molecule has 1 N–H and O–H groups in total. The van der Waals surface area contributed by atoms with Crippen molar-refractivity contribution in [3.63, 3.8) is 0 Å². The van der Waals surface area contributed by atoms with E-state index in [2.05, 4.69) is 4.98 Å². The predicted molar refractivity (Wildman–Crippen MR) is 74.5 cm³/mol. The van der Waals surface area contributed by atoms with E-state index in [1.807, 2.05) is 20.8 Å². The normalized spacial score (nSPS) is 32.3. The van der Waals surface area contributed by atoms with Gasteiger partial charge in [0.05, 0.1) is 6.20 Å². The highest BCUT2D eigenvalue weighted by Gasteiger charge is 2.52. The van der Waals surface area contributed by atoms with Crippen LogP contribution in [0, 0.1) is 0 Å². The minimum atomic E-state index is -1.08. The number of oxazole rings is 1. The van der Waals surface area contributed by atoms with E-state index in [-0.39, 0.29) is 18.2 Å². The summed E-state index contributed by atoms with van der Waals surface area (Å²) in [6.07, 6.45) is 5.38. The lowest BCUT2D eigenvalue weighted by molar-refractivity contribution is -0.0763. The smallest absolute Gasteiger partial charge is 0.410 e. The average Bonchev–Trinajstić information content (AvgIpc) is 2.95. The van der Waals surface area contributed by atoms with Gasteiger partial charge >= 0.3 is 6.09 Å². The molecule has 0 aromatic carbocycles. The van der Waals surface area contributed by atoms with Crippen molar-refractivity contribution in [2.24, 2.45) is 0 Å². The Bertz CT molecular complexity index is 506. The molecule has 0 saturated carbocycles. The highest BCUT2D eigenvalue weighted by Crippen LogP contribution is 2.45. The average molecular weight is 294 g/mol. The van der Waals surface area contributed by atoms with Gasteiger partial charge in [0, 0.05) is 24.9 Å². The van der Waals surface area contributed by atoms with Crippen molar-refractivity contribution in [1.29, 1.82) is 0 Å². The number of aromatic nitrogens is 1. The van der Waals surface area contributed by atoms with Gasteiger partial charge in [0.15, 0.2) is 0 Å². The predicted octanol–water partition coefficient (Wildman–Crippen LogP) is 2.42. The Labute approximate surface area is 124 Å². The molecule has 0 aliphatic carbocycles. The third kappa shape index (κ3) is 2.64. The minimum absolute atomic E-state index is 0.0181. The summed E-state index contributed by atoms with van der Waals surface area (Å²) in [5.41, 5.74) is -1.58. The first-order valence-electron chi connectivity index (χ1n) is 7.42. The Morgan fingerprint density at radius 3 is 2.52 bits per heavy atom. The van der Waals surface area contributed by atoms with Crippen LogP contribution in [0.4, 0.5) is 4.79 Å². The number of hydrogen-bond donors (Lipinski definition) is 1. The number of rotatable bonds is 1. The lowest BCUT2D eigenvalue weighted by Crippen LogP contribution is -2.53. The van der Waals surface area contributed by atoms with E-state index >= 15 is 0 Å². The molecule has 0 spiro atoms. The highest BCUT2D eigenvalue weighted by atomic mass is 16.6. The maximum absolute atomic E-state index is 12.4. The lowest BCUT2D eigenvalue weighted by atomic mass is 9.86. The van der Waals surface area contributed by atoms with Crippen LogP contribution >= 0.6 is 0 Å². The SMILES string of the molecule is CC(C)(C)OC(=O)N1C2CCC1CC(O)(c1ncco1)C2. The molecule has 2 aliphatic rings. The molecule has 21 heavy (non-hydrogen) atoms. The maximum Gasteiger partial charge on any atom is 0.410 e. The maximum atomic E-state index is 12.4. The van der Waals surface area contributed by atoms with E-state index in [0.29, 0.717) is 18.7 Å². The Hall–Kier alpha value is -1.56. The van der Waals surface area contributed by atoms with Crippen LogP contribution in [-0.4, -0.2) is 38.8 Å². The second-order valence-corrected chi connectivity index (χ2v) is 7.05. The van der Waals surface area contributed by atoms with Crippen LogP contribution in [0.1, 0.15) is 52.3 Å². The molecular formula is C15H22N2O4. The molecule has 3 rings (SSSR count). The highest BCUT2D eigenvalue weighted by molar-refractivity contribution is 5.69. The quantitative estimate of drug-likeness (QED) is 0.861. The number of ether oxygens (including phenoxy) is 1. The molecule has 2 bridgehead atoms. The number of hydrogen-bond acceptors (Lipinski definition) is 5. The summed E-state index contributed by atoms with van der Waals surface area (Å²) in [6, 6.07) is -0.0361. The summed E-state index contributed by atoms with van der Waals surface area (Å²) in [6.45, 7) is 5.58. The van der Waals surface area contributed by atoms with Gasteiger partial charge in [-0.1, -0.05) is 0 Å². The van der Waals surface area contributed by atoms with Crippen LogP contribution in [0.2, 0.25) is 0 Å². The first-order chi connectivity index (χ1) is 9.78. The number of piperidine rings is 1. The van der Waals surface area contributed by atoms with E-state index in [0.717, 1.165) is 12.8 Å². The fourth-order valence-corrected chi connectivity index (χ4v) is 3.47. The van der Waals surface area contributed by atoms with Gasteiger partial charge in [-0.3, -0.25) is 0 Å². The van der Waals surface area contributed by atoms with Gasteiger partial charge < -0.3 is 19.2 Å². The molecule has 1 aromatic rings. The van der Waals surface area contributed by atoms with Gasteiger partial charge in [-0.15, -0.1) is 0 Å². The van der Waals surface area contributed by atoms with Crippen LogP contribution in [-0.2, 0) is 10.3 Å². The van der Waals surface area contributed by atoms with Crippen LogP contribution in [0.5, 0.6) is 0 Å². The van der Waals surface area contributed by atoms with Gasteiger partial charge in [0.2, 0.25) is 5.89 Å². The van der Waals surface area contributed by atoms with Crippen LogP contribution < -0.4 is 0 Å². The molecule has 2 aliphatic heterocycles. The Morgan fingerprint density at radius 1 is 1.43 bits per heavy atom. The van der Waals surface area contributed by atoms with Crippen molar-refractivity contribution < 1.29 is 19.1 Å². The number of aliphatic hydroxyl groups is 1. The van der Waals surface area contributed by atoms with Gasteiger partial charge in [0.25, 0.3) is 0 Å². The number of carbonyl (C=O) groups is 1. The molecule has 2 fully saturated rings. The van der Waals surface area contributed by atoms with Crippen molar-refractivity contribution >= 4 is 6.09 Å². The standard InChI is InChI=1S/C15H22N2O4/c1-14(2,3)21-13(18)17-10-4-5-11(17)9-15(19,8-10)12-16-6-7-20-12/h6-7,10-11,19H,4-5,8-9H2,1-3H3. The first kappa shape index (κ1) is 14.4. The third-order valence-corrected chi connectivity index (χ3v) is 4.20. The van der Waals surface area contributed by atoms with Crippen LogP contribution in [0.3, 0.4) is 0 Å². The zero-order chi connectivity index (χ0) is 15.3. The van der Waals surface area contributed by atoms with Gasteiger partial charge in [-0.2, -0.15) is 0 Å². The Kier molecular flexibility index (Phi) is 3.24. The molecule has 2 saturated heterocycles. The molecule has 6 heteroatoms. The van der Waals surface area contributed by atoms with Gasteiger partial charge in [0.1, 0.15) is 17.5 Å². The first-order valence-corrected chi connectivity index (χ1v) is 7.42. The fraction of sp³-hybridized carbons (Fsp3) is 0.733. The van der Waals surface area contributed by atoms with E-state index in [1.165, 1.54) is 12.5 Å². The number of nitrogens with zero attached hydrogens (tertiary/aromatic N) is 2. The van der Waals surface area contributed by atoms with Crippen molar-refractivity contribution in [1.82, 2.24) is 9.88 Å². The topological polar surface area (TPSA) is 75.8 Å². The molecule has 3 heterocycles. The zero-order valence-electron chi connectivity index (χ0n) is 12.7. The summed E-state index contributed by atoms with van der Waals surface area (Å²) < 4.78 is 10.8. The summed E-state index contributed by atoms with van der Waals surface area (Å²) in [4.78, 5) is 18.2. The molecular weight excluding hydrogens is 272 g/mol. The number of amides is 1. The Balaban J connectivity index is 1.77. The summed E-state index contributed by atoms with van der Waals surface area (Å²) in [5.74, 6) is 0.350. The second-order valence-electron chi connectivity index (χ2n) is 7.05. The monoisotopic (exact) mass is 294 g/mol. The molecule has 116 valence electrons. The largest absolute Gasteiger partial charge is 0.446 e. The Morgan fingerprint density at radius 2 is 2.05 bits per heavy atom. The lowest BCUT2D eigenvalue weighted by Gasteiger charge is -2.42. The van der Waals surface area contributed by atoms with Crippen molar-refractivity contribution in [2.45, 2.75) is 69.7 Å². The third-order valence-electron chi connectivity index (χ3n) is 4.20. The summed E-state index contributed by atoms with van der Waals surface area (Å²) in [5, 5.41) is 10.8. The summed E-state index contributed by atoms with van der Waals surface area (Å²) >= 11 is 0. The summed E-state index contributed by atoms with van der Waals surface area (Å²) in [7, 11) is 0. The fourth-order valence-electron chi connectivity index (χ4n) is 3.47. The molecule has 2 unspecified atom stereocenters. The molecule has 1 aromatic heterocycles. The van der Waals surface area contributed by atoms with Gasteiger partial charge in [-0.05, 0) is 33.6 Å². The van der Waals surface area contributed by atoms with Crippen molar-refractivity contribution in [3.8, 4) is 0 Å². The van der Waals surface area contributed by atoms with E-state index in [9.17, 15) is 9.90 Å². The molecule has 1 amide bonds. The van der Waals surface area contributed by atoms with Crippen molar-refractivity contribution in [3.05, 3.63) is 18.4 Å². The van der Waals surface area contributed by atoms with E-state index < -0.39 is 11.2 Å². The molecule has 0 radical (unpaired) electrons. The minimum Gasteiger partial charge on any atom is -0.446 e. The van der Waals surface area contributed by atoms with E-state index in [1.54, 1.807) is 4.90 Å². The van der Waals surface area contributed by atoms with Gasteiger partial charge in [-0.25, -0.2) is 9.78 Å². The second kappa shape index (κ2) is 4.73. The number of carbonyl (C=O) groups excluding carboxylic acids is 1. The molecule has 2 atom stereocenters. The molecule has 6 nitrogen and oxygen atoms in total. The van der Waals surface area contributed by atoms with E-state index in [4.69, 9.17) is 9.15 Å². The van der Waals surface area contributed by atoms with Crippen LogP contribution in [0.15, 0.2) is 16.9 Å². The van der Waals surface area contributed by atoms with Crippen LogP contribution in [0.25, 0.3) is 0 Å². The van der Waals surface area contributed by atoms with Crippen molar-refractivity contribution in [2.75, 3.05) is 0 Å². The zero-order valence-corrected chi connectivity index (χ0v) is 12.7. The number of fused-ring (bicyclic) bond motifs is 2.